The molecule has 1 heterocycles. The van der Waals surface area contributed by atoms with E-state index in [2.05, 4.69) is 16.4 Å². The highest BCUT2D eigenvalue weighted by molar-refractivity contribution is 8.00. The minimum atomic E-state index is -0.0633. The van der Waals surface area contributed by atoms with Gasteiger partial charge in [-0.2, -0.15) is 5.26 Å². The fourth-order valence-electron chi connectivity index (χ4n) is 2.05. The van der Waals surface area contributed by atoms with Gasteiger partial charge in [0.05, 0.1) is 17.5 Å². The number of rotatable bonds is 8. The van der Waals surface area contributed by atoms with Gasteiger partial charge in [0.1, 0.15) is 0 Å². The maximum absolute atomic E-state index is 12.2. The van der Waals surface area contributed by atoms with Crippen LogP contribution in [0.4, 0.5) is 5.69 Å². The van der Waals surface area contributed by atoms with Crippen LogP contribution in [0, 0.1) is 11.3 Å². The van der Waals surface area contributed by atoms with E-state index in [1.165, 1.54) is 11.8 Å². The summed E-state index contributed by atoms with van der Waals surface area (Å²) in [5, 5.41) is 12.8. The van der Waals surface area contributed by atoms with Gasteiger partial charge in [-0.25, -0.2) is 4.98 Å². The van der Waals surface area contributed by atoms with Crippen molar-refractivity contribution in [2.45, 2.75) is 42.1 Å². The van der Waals surface area contributed by atoms with Crippen LogP contribution in [0.3, 0.4) is 0 Å². The predicted molar refractivity (Wildman–Crippen MR) is 99.2 cm³/mol. The zero-order valence-corrected chi connectivity index (χ0v) is 15.4. The first kappa shape index (κ1) is 18.4. The molecule has 0 spiro atoms. The van der Waals surface area contributed by atoms with Gasteiger partial charge in [0.25, 0.3) is 0 Å². The molecule has 1 aromatic carbocycles. The summed E-state index contributed by atoms with van der Waals surface area (Å²) < 4.78 is 2.01. The first-order chi connectivity index (χ1) is 11.6. The number of anilines is 1. The van der Waals surface area contributed by atoms with Crippen LogP contribution in [0.25, 0.3) is 0 Å². The first-order valence-corrected chi connectivity index (χ1v) is 9.57. The summed E-state index contributed by atoms with van der Waals surface area (Å²) in [6.07, 6.45) is 4.12. The SMILES string of the molecule is CCn1ccnc1SCC(=O)Nc1ccccc1S[C@H](C)CC#N. The van der Waals surface area contributed by atoms with E-state index in [1.54, 1.807) is 18.0 Å². The molecular weight excluding hydrogens is 340 g/mol. The van der Waals surface area contributed by atoms with E-state index in [-0.39, 0.29) is 11.2 Å². The van der Waals surface area contributed by atoms with Gasteiger partial charge in [0.15, 0.2) is 5.16 Å². The van der Waals surface area contributed by atoms with Crippen molar-refractivity contribution in [1.82, 2.24) is 9.55 Å². The maximum Gasteiger partial charge on any atom is 0.234 e. The summed E-state index contributed by atoms with van der Waals surface area (Å²) >= 11 is 3.02. The molecule has 126 valence electrons. The second-order valence-electron chi connectivity index (χ2n) is 5.12. The Hall–Kier alpha value is -1.91. The van der Waals surface area contributed by atoms with E-state index < -0.39 is 0 Å². The molecule has 0 saturated carbocycles. The Labute approximate surface area is 150 Å². The number of nitriles is 1. The number of para-hydroxylation sites is 1. The number of benzene rings is 1. The highest BCUT2D eigenvalue weighted by Gasteiger charge is 2.12. The number of carbonyl (C=O) groups is 1. The van der Waals surface area contributed by atoms with Gasteiger partial charge in [-0.05, 0) is 19.1 Å². The average molecular weight is 361 g/mol. The number of hydrogen-bond donors (Lipinski definition) is 1. The highest BCUT2D eigenvalue weighted by Crippen LogP contribution is 2.31. The molecule has 0 bridgehead atoms. The number of nitrogens with zero attached hydrogens (tertiary/aromatic N) is 3. The van der Waals surface area contributed by atoms with E-state index in [4.69, 9.17) is 5.26 Å². The second kappa shape index (κ2) is 9.40. The van der Waals surface area contributed by atoms with Gasteiger partial charge in [-0.3, -0.25) is 4.79 Å². The van der Waals surface area contributed by atoms with Crippen molar-refractivity contribution in [2.24, 2.45) is 0 Å². The molecule has 24 heavy (non-hydrogen) atoms. The van der Waals surface area contributed by atoms with Crippen molar-refractivity contribution in [1.29, 1.82) is 5.26 Å². The lowest BCUT2D eigenvalue weighted by molar-refractivity contribution is -0.113. The van der Waals surface area contributed by atoms with E-state index in [0.717, 1.165) is 22.3 Å². The quantitative estimate of drug-likeness (QED) is 0.720. The third-order valence-corrected chi connectivity index (χ3v) is 5.40. The summed E-state index contributed by atoms with van der Waals surface area (Å²) in [6.45, 7) is 4.88. The van der Waals surface area contributed by atoms with Crippen LogP contribution in [-0.2, 0) is 11.3 Å². The molecule has 0 saturated heterocycles. The Bertz CT molecular complexity index is 723. The lowest BCUT2D eigenvalue weighted by Crippen LogP contribution is -2.15. The maximum atomic E-state index is 12.2. The third kappa shape index (κ3) is 5.32. The Morgan fingerprint density at radius 1 is 1.46 bits per heavy atom. The van der Waals surface area contributed by atoms with Crippen LogP contribution in [0.2, 0.25) is 0 Å². The molecule has 1 aromatic heterocycles. The number of thioether (sulfide) groups is 2. The second-order valence-corrected chi connectivity index (χ2v) is 7.54. The molecule has 1 atom stereocenters. The van der Waals surface area contributed by atoms with Crippen molar-refractivity contribution in [2.75, 3.05) is 11.1 Å². The van der Waals surface area contributed by atoms with E-state index in [9.17, 15) is 4.79 Å². The normalized spacial score (nSPS) is 11.7. The van der Waals surface area contributed by atoms with Crippen LogP contribution in [-0.4, -0.2) is 26.5 Å². The van der Waals surface area contributed by atoms with Crippen molar-refractivity contribution in [3.05, 3.63) is 36.7 Å². The monoisotopic (exact) mass is 360 g/mol. The van der Waals surface area contributed by atoms with Crippen molar-refractivity contribution in [3.63, 3.8) is 0 Å². The predicted octanol–water partition coefficient (Wildman–Crippen LogP) is 4.03. The molecule has 2 aromatic rings. The first-order valence-electron chi connectivity index (χ1n) is 7.70. The Balaban J connectivity index is 1.95. The molecular formula is C17H20N4OS2. The Morgan fingerprint density at radius 3 is 3.00 bits per heavy atom. The number of nitrogens with one attached hydrogen (secondary N) is 1. The van der Waals surface area contributed by atoms with Gasteiger partial charge >= 0.3 is 0 Å². The average Bonchev–Trinajstić information content (AvgIpc) is 3.02. The molecule has 1 N–H and O–H groups in total. The largest absolute Gasteiger partial charge is 0.326 e. The number of imidazole rings is 1. The highest BCUT2D eigenvalue weighted by atomic mass is 32.2. The molecule has 5 nitrogen and oxygen atoms in total. The van der Waals surface area contributed by atoms with Crippen LogP contribution >= 0.6 is 23.5 Å². The Kier molecular flexibility index (Phi) is 7.22. The summed E-state index contributed by atoms with van der Waals surface area (Å²) in [5.41, 5.74) is 0.789. The Morgan fingerprint density at radius 2 is 2.25 bits per heavy atom. The molecule has 7 heteroatoms. The van der Waals surface area contributed by atoms with Crippen LogP contribution in [0.5, 0.6) is 0 Å². The summed E-state index contributed by atoms with van der Waals surface area (Å²) in [5.74, 6) is 0.246. The molecule has 0 unspecified atom stereocenters. The van der Waals surface area contributed by atoms with E-state index in [1.807, 2.05) is 48.9 Å². The van der Waals surface area contributed by atoms with Crippen molar-refractivity contribution in [3.8, 4) is 6.07 Å². The van der Waals surface area contributed by atoms with Crippen LogP contribution < -0.4 is 5.32 Å². The van der Waals surface area contributed by atoms with Crippen molar-refractivity contribution < 1.29 is 4.79 Å². The minimum absolute atomic E-state index is 0.0633. The number of carbonyl (C=O) groups excluding carboxylic acids is 1. The van der Waals surface area contributed by atoms with Gasteiger partial charge in [0, 0.05) is 35.5 Å². The van der Waals surface area contributed by atoms with Crippen molar-refractivity contribution >= 4 is 35.1 Å². The number of aryl methyl sites for hydroxylation is 1. The number of amides is 1. The van der Waals surface area contributed by atoms with Gasteiger partial charge in [-0.15, -0.1) is 11.8 Å². The summed E-state index contributed by atoms with van der Waals surface area (Å²) in [7, 11) is 0. The standard InChI is InChI=1S/C17H20N4OS2/c1-3-21-11-10-19-17(21)23-12-16(22)20-14-6-4-5-7-15(14)24-13(2)8-9-18/h4-7,10-11,13H,3,8,12H2,1-2H3,(H,20,22)/t13-/m1/s1. The molecule has 0 aliphatic heterocycles. The van der Waals surface area contributed by atoms with Gasteiger partial charge in [-0.1, -0.05) is 30.8 Å². The molecule has 0 aliphatic rings. The van der Waals surface area contributed by atoms with Gasteiger partial charge in [0.2, 0.25) is 5.91 Å². The smallest absolute Gasteiger partial charge is 0.234 e. The topological polar surface area (TPSA) is 70.7 Å². The molecule has 2 rings (SSSR count). The van der Waals surface area contributed by atoms with E-state index >= 15 is 0 Å². The van der Waals surface area contributed by atoms with Crippen LogP contribution in [0.1, 0.15) is 20.3 Å². The number of hydrogen-bond acceptors (Lipinski definition) is 5. The zero-order valence-electron chi connectivity index (χ0n) is 13.7. The minimum Gasteiger partial charge on any atom is -0.326 e. The van der Waals surface area contributed by atoms with Gasteiger partial charge < -0.3 is 9.88 Å². The zero-order chi connectivity index (χ0) is 17.4. The lowest BCUT2D eigenvalue weighted by Gasteiger charge is -2.13. The third-order valence-electron chi connectivity index (χ3n) is 3.22. The fourth-order valence-corrected chi connectivity index (χ4v) is 3.87. The fraction of sp³-hybridized carbons (Fsp3) is 0.353. The molecule has 0 aliphatic carbocycles. The lowest BCUT2D eigenvalue weighted by atomic mass is 10.3. The summed E-state index contributed by atoms with van der Waals surface area (Å²) in [4.78, 5) is 17.5. The number of aromatic nitrogens is 2. The molecule has 1 amide bonds. The molecule has 0 radical (unpaired) electrons. The molecule has 0 fully saturated rings. The van der Waals surface area contributed by atoms with Crippen LogP contribution in [0.15, 0.2) is 46.7 Å². The van der Waals surface area contributed by atoms with E-state index in [0.29, 0.717) is 12.2 Å². The summed E-state index contributed by atoms with van der Waals surface area (Å²) in [6, 6.07) is 9.85.